The van der Waals surface area contributed by atoms with Crippen molar-refractivity contribution >= 4 is 15.9 Å². The number of sulfonamides is 1. The van der Waals surface area contributed by atoms with Gasteiger partial charge in [-0.15, -0.1) is 6.58 Å². The van der Waals surface area contributed by atoms with Gasteiger partial charge in [-0.1, -0.05) is 6.08 Å². The normalized spacial score (nSPS) is 19.9. The third kappa shape index (κ3) is 3.94. The molecule has 0 saturated carbocycles. The second-order valence-corrected chi connectivity index (χ2v) is 8.65. The molecule has 0 bridgehead atoms. The molecule has 0 aromatic heterocycles. The number of nitrogens with zero attached hydrogens (tertiary/aromatic N) is 1. The first-order valence-corrected chi connectivity index (χ1v) is 10.1. The standard InChI is InChI=1S/C18H25N3O3S/c1-2-10-20-25(23,24)16-5-3-15(4-6-16)17(22)21-12-8-18(9-13-21)7-11-19-14-18/h2-6,19-20H,1,7-14H2. The minimum atomic E-state index is -3.56. The minimum Gasteiger partial charge on any atom is -0.339 e. The Bertz CT molecular complexity index is 727. The second kappa shape index (κ2) is 7.27. The molecule has 2 N–H and O–H groups in total. The van der Waals surface area contributed by atoms with Crippen LogP contribution in [0.4, 0.5) is 0 Å². The summed E-state index contributed by atoms with van der Waals surface area (Å²) in [6.07, 6.45) is 4.74. The number of amides is 1. The summed E-state index contributed by atoms with van der Waals surface area (Å²) in [4.78, 5) is 14.7. The molecular formula is C18H25N3O3S. The van der Waals surface area contributed by atoms with Gasteiger partial charge in [0, 0.05) is 31.7 Å². The van der Waals surface area contributed by atoms with Gasteiger partial charge in [0.15, 0.2) is 0 Å². The highest BCUT2D eigenvalue weighted by molar-refractivity contribution is 7.89. The van der Waals surface area contributed by atoms with E-state index in [0.29, 0.717) is 11.0 Å². The molecule has 136 valence electrons. The lowest BCUT2D eigenvalue weighted by molar-refractivity contribution is 0.0607. The zero-order valence-corrected chi connectivity index (χ0v) is 15.1. The Morgan fingerprint density at radius 3 is 2.48 bits per heavy atom. The summed E-state index contributed by atoms with van der Waals surface area (Å²) in [5.41, 5.74) is 0.897. The van der Waals surface area contributed by atoms with Crippen LogP contribution in [0.2, 0.25) is 0 Å². The zero-order valence-electron chi connectivity index (χ0n) is 14.3. The van der Waals surface area contributed by atoms with E-state index in [4.69, 9.17) is 0 Å². The molecule has 2 saturated heterocycles. The van der Waals surface area contributed by atoms with Crippen molar-refractivity contribution in [2.75, 3.05) is 32.7 Å². The van der Waals surface area contributed by atoms with E-state index in [1.807, 2.05) is 4.90 Å². The molecule has 0 unspecified atom stereocenters. The SMILES string of the molecule is C=CCNS(=O)(=O)c1ccc(C(=O)N2CCC3(CCNC3)CC2)cc1. The summed E-state index contributed by atoms with van der Waals surface area (Å²) >= 11 is 0. The van der Waals surface area contributed by atoms with E-state index >= 15 is 0 Å². The Hall–Kier alpha value is -1.70. The Balaban J connectivity index is 1.64. The first-order chi connectivity index (χ1) is 12.0. The molecule has 1 amide bonds. The van der Waals surface area contributed by atoms with Crippen LogP contribution >= 0.6 is 0 Å². The summed E-state index contributed by atoms with van der Waals surface area (Å²) in [6.45, 7) is 7.32. The highest BCUT2D eigenvalue weighted by atomic mass is 32.2. The lowest BCUT2D eigenvalue weighted by atomic mass is 9.78. The van der Waals surface area contributed by atoms with Crippen LogP contribution in [0.1, 0.15) is 29.6 Å². The lowest BCUT2D eigenvalue weighted by Gasteiger charge is -2.38. The van der Waals surface area contributed by atoms with Crippen LogP contribution in [-0.4, -0.2) is 51.9 Å². The van der Waals surface area contributed by atoms with Crippen LogP contribution in [0.15, 0.2) is 41.8 Å². The van der Waals surface area contributed by atoms with Crippen molar-refractivity contribution in [1.29, 1.82) is 0 Å². The van der Waals surface area contributed by atoms with Crippen molar-refractivity contribution in [3.63, 3.8) is 0 Å². The van der Waals surface area contributed by atoms with Crippen LogP contribution in [0.5, 0.6) is 0 Å². The lowest BCUT2D eigenvalue weighted by Crippen LogP contribution is -2.44. The molecule has 2 heterocycles. The van der Waals surface area contributed by atoms with Gasteiger partial charge in [0.05, 0.1) is 4.90 Å². The quantitative estimate of drug-likeness (QED) is 0.775. The monoisotopic (exact) mass is 363 g/mol. The van der Waals surface area contributed by atoms with Gasteiger partial charge in [-0.2, -0.15) is 0 Å². The predicted octanol–water partition coefficient (Wildman–Crippen LogP) is 1.37. The van der Waals surface area contributed by atoms with Gasteiger partial charge in [-0.3, -0.25) is 4.79 Å². The largest absolute Gasteiger partial charge is 0.339 e. The third-order valence-electron chi connectivity index (χ3n) is 5.27. The number of nitrogens with one attached hydrogen (secondary N) is 2. The maximum absolute atomic E-state index is 12.7. The molecule has 1 aromatic rings. The number of hydrogen-bond acceptors (Lipinski definition) is 4. The molecule has 0 aliphatic carbocycles. The Morgan fingerprint density at radius 1 is 1.24 bits per heavy atom. The Kier molecular flexibility index (Phi) is 5.27. The second-order valence-electron chi connectivity index (χ2n) is 6.88. The van der Waals surface area contributed by atoms with Crippen molar-refractivity contribution in [2.45, 2.75) is 24.2 Å². The van der Waals surface area contributed by atoms with Crippen molar-refractivity contribution in [3.8, 4) is 0 Å². The summed E-state index contributed by atoms with van der Waals surface area (Å²) in [7, 11) is -3.56. The predicted molar refractivity (Wildman–Crippen MR) is 96.9 cm³/mol. The summed E-state index contributed by atoms with van der Waals surface area (Å²) in [6, 6.07) is 6.13. The number of piperidine rings is 1. The molecule has 6 nitrogen and oxygen atoms in total. The van der Waals surface area contributed by atoms with Crippen LogP contribution < -0.4 is 10.0 Å². The number of likely N-dealkylation sites (tertiary alicyclic amines) is 1. The van der Waals surface area contributed by atoms with Crippen LogP contribution in [0, 0.1) is 5.41 Å². The molecule has 1 aromatic carbocycles. The van der Waals surface area contributed by atoms with E-state index in [-0.39, 0.29) is 17.3 Å². The average Bonchev–Trinajstić information content (AvgIpc) is 3.08. The highest BCUT2D eigenvalue weighted by Gasteiger charge is 2.38. The molecule has 25 heavy (non-hydrogen) atoms. The topological polar surface area (TPSA) is 78.5 Å². The van der Waals surface area contributed by atoms with Gasteiger partial charge < -0.3 is 10.2 Å². The number of carbonyl (C=O) groups excluding carboxylic acids is 1. The Morgan fingerprint density at radius 2 is 1.92 bits per heavy atom. The van der Waals surface area contributed by atoms with Gasteiger partial charge in [-0.25, -0.2) is 13.1 Å². The van der Waals surface area contributed by atoms with Crippen LogP contribution in [0.25, 0.3) is 0 Å². The number of hydrogen-bond donors (Lipinski definition) is 2. The molecule has 3 rings (SSSR count). The van der Waals surface area contributed by atoms with Gasteiger partial charge in [-0.05, 0) is 55.5 Å². The molecule has 7 heteroatoms. The van der Waals surface area contributed by atoms with E-state index in [0.717, 1.165) is 39.0 Å². The average molecular weight is 363 g/mol. The fraction of sp³-hybridized carbons (Fsp3) is 0.500. The fourth-order valence-corrected chi connectivity index (χ4v) is 4.62. The number of benzene rings is 1. The van der Waals surface area contributed by atoms with E-state index in [9.17, 15) is 13.2 Å². The minimum absolute atomic E-state index is 0.0243. The van der Waals surface area contributed by atoms with Gasteiger partial charge in [0.2, 0.25) is 10.0 Å². The third-order valence-corrected chi connectivity index (χ3v) is 6.71. The van der Waals surface area contributed by atoms with Crippen molar-refractivity contribution in [2.24, 2.45) is 5.41 Å². The molecule has 2 aliphatic rings. The number of carbonyl (C=O) groups is 1. The first-order valence-electron chi connectivity index (χ1n) is 8.66. The van der Waals surface area contributed by atoms with Crippen molar-refractivity contribution < 1.29 is 13.2 Å². The van der Waals surface area contributed by atoms with E-state index in [2.05, 4.69) is 16.6 Å². The smallest absolute Gasteiger partial charge is 0.253 e. The summed E-state index contributed by atoms with van der Waals surface area (Å²) < 4.78 is 26.5. The van der Waals surface area contributed by atoms with Crippen molar-refractivity contribution in [3.05, 3.63) is 42.5 Å². The first kappa shape index (κ1) is 18.1. The highest BCUT2D eigenvalue weighted by Crippen LogP contribution is 2.37. The zero-order chi connectivity index (χ0) is 17.9. The van der Waals surface area contributed by atoms with Gasteiger partial charge in [0.1, 0.15) is 0 Å². The molecule has 2 fully saturated rings. The number of rotatable bonds is 5. The van der Waals surface area contributed by atoms with Gasteiger partial charge >= 0.3 is 0 Å². The molecule has 1 spiro atoms. The maximum atomic E-state index is 12.7. The van der Waals surface area contributed by atoms with Crippen LogP contribution in [0.3, 0.4) is 0 Å². The van der Waals surface area contributed by atoms with E-state index in [1.54, 1.807) is 12.1 Å². The summed E-state index contributed by atoms with van der Waals surface area (Å²) in [5.74, 6) is -0.0243. The Labute approximate surface area is 149 Å². The molecule has 0 atom stereocenters. The fourth-order valence-electron chi connectivity index (χ4n) is 3.62. The van der Waals surface area contributed by atoms with Crippen molar-refractivity contribution in [1.82, 2.24) is 14.9 Å². The van der Waals surface area contributed by atoms with E-state index in [1.165, 1.54) is 24.6 Å². The van der Waals surface area contributed by atoms with Gasteiger partial charge in [0.25, 0.3) is 5.91 Å². The molecule has 0 radical (unpaired) electrons. The summed E-state index contributed by atoms with van der Waals surface area (Å²) in [5, 5.41) is 3.42. The molecule has 2 aliphatic heterocycles. The maximum Gasteiger partial charge on any atom is 0.253 e. The molecular weight excluding hydrogens is 338 g/mol. The van der Waals surface area contributed by atoms with E-state index < -0.39 is 10.0 Å². The van der Waals surface area contributed by atoms with Crippen LogP contribution in [-0.2, 0) is 10.0 Å².